The molecule has 1 spiro atoms. The van der Waals surface area contributed by atoms with Crippen LogP contribution in [-0.4, -0.2) is 11.7 Å². The molecule has 2 heterocycles. The van der Waals surface area contributed by atoms with Crippen LogP contribution in [0.1, 0.15) is 17.5 Å². The minimum absolute atomic E-state index is 0.0217. The molecule has 0 saturated carbocycles. The normalized spacial score (nSPS) is 19.9. The molecule has 6 rings (SSSR count). The summed E-state index contributed by atoms with van der Waals surface area (Å²) < 4.78 is 6.75. The molecule has 2 aliphatic heterocycles. The standard InChI is InChI=1S/C27H18BrNO3/c1-16-25(30)14-27(32-16)23-11-10-19(28)13-24(23)29(26(27)31)15-22-20-8-4-2-6-17(20)12-18-7-3-5-9-21(18)22/h2-13H,1,14-15H2. The lowest BCUT2D eigenvalue weighted by Gasteiger charge is -2.24. The second kappa shape index (κ2) is 6.78. The van der Waals surface area contributed by atoms with Gasteiger partial charge < -0.3 is 9.64 Å². The van der Waals surface area contributed by atoms with E-state index >= 15 is 0 Å². The Morgan fingerprint density at radius 1 is 0.938 bits per heavy atom. The number of Topliss-reactive ketones (excluding diaryl/α,β-unsaturated/α-hetero) is 1. The molecule has 1 atom stereocenters. The van der Waals surface area contributed by atoms with Crippen molar-refractivity contribution in [1.82, 2.24) is 0 Å². The van der Waals surface area contributed by atoms with Gasteiger partial charge in [0.25, 0.3) is 5.91 Å². The van der Waals surface area contributed by atoms with Crippen LogP contribution in [0.4, 0.5) is 5.69 Å². The molecule has 156 valence electrons. The van der Waals surface area contributed by atoms with Crippen LogP contribution in [0.2, 0.25) is 0 Å². The van der Waals surface area contributed by atoms with E-state index < -0.39 is 5.60 Å². The van der Waals surface area contributed by atoms with Crippen molar-refractivity contribution < 1.29 is 14.3 Å². The van der Waals surface area contributed by atoms with Crippen LogP contribution in [0.25, 0.3) is 21.5 Å². The zero-order valence-electron chi connectivity index (χ0n) is 17.1. The summed E-state index contributed by atoms with van der Waals surface area (Å²) in [4.78, 5) is 28.0. The lowest BCUT2D eigenvalue weighted by Crippen LogP contribution is -2.39. The van der Waals surface area contributed by atoms with Crippen LogP contribution in [0, 0.1) is 0 Å². The maximum absolute atomic E-state index is 13.9. The summed E-state index contributed by atoms with van der Waals surface area (Å²) in [5, 5.41) is 4.45. The van der Waals surface area contributed by atoms with E-state index in [1.165, 1.54) is 0 Å². The number of carbonyl (C=O) groups excluding carboxylic acids is 2. The summed E-state index contributed by atoms with van der Waals surface area (Å²) in [7, 11) is 0. The summed E-state index contributed by atoms with van der Waals surface area (Å²) in [5.74, 6) is -0.413. The van der Waals surface area contributed by atoms with Gasteiger partial charge in [-0.05, 0) is 45.3 Å². The molecule has 4 nitrogen and oxygen atoms in total. The van der Waals surface area contributed by atoms with Gasteiger partial charge in [-0.25, -0.2) is 0 Å². The molecule has 0 radical (unpaired) electrons. The highest BCUT2D eigenvalue weighted by Crippen LogP contribution is 2.51. The number of hydrogen-bond donors (Lipinski definition) is 0. The molecule has 1 saturated heterocycles. The zero-order valence-corrected chi connectivity index (χ0v) is 18.7. The Bertz CT molecular complexity index is 1420. The van der Waals surface area contributed by atoms with Crippen molar-refractivity contribution in [3.63, 3.8) is 0 Å². The molecular formula is C27H18BrNO3. The Balaban J connectivity index is 1.57. The number of ether oxygens (including phenoxy) is 1. The number of hydrogen-bond acceptors (Lipinski definition) is 3. The van der Waals surface area contributed by atoms with Gasteiger partial charge in [0.05, 0.1) is 18.7 Å². The number of amides is 1. The van der Waals surface area contributed by atoms with E-state index in [2.05, 4.69) is 52.8 Å². The van der Waals surface area contributed by atoms with Crippen molar-refractivity contribution in [2.24, 2.45) is 0 Å². The summed E-state index contributed by atoms with van der Waals surface area (Å²) in [5.41, 5.74) is 1.20. The molecule has 0 bridgehead atoms. The van der Waals surface area contributed by atoms with Crippen molar-refractivity contribution >= 4 is 54.9 Å². The van der Waals surface area contributed by atoms with Crippen molar-refractivity contribution in [2.75, 3.05) is 4.90 Å². The van der Waals surface area contributed by atoms with Gasteiger partial charge in [-0.15, -0.1) is 0 Å². The minimum Gasteiger partial charge on any atom is -0.469 e. The molecule has 0 aromatic heterocycles. The van der Waals surface area contributed by atoms with E-state index in [9.17, 15) is 9.59 Å². The average molecular weight is 484 g/mol. The number of rotatable bonds is 2. The predicted octanol–water partition coefficient (Wildman–Crippen LogP) is 6.00. The van der Waals surface area contributed by atoms with Crippen LogP contribution < -0.4 is 4.90 Å². The summed E-state index contributed by atoms with van der Waals surface area (Å²) in [6.45, 7) is 4.09. The fourth-order valence-electron chi connectivity index (χ4n) is 5.00. The fraction of sp³-hybridized carbons (Fsp3) is 0.111. The monoisotopic (exact) mass is 483 g/mol. The second-order valence-electron chi connectivity index (χ2n) is 8.30. The van der Waals surface area contributed by atoms with Crippen LogP contribution in [0.3, 0.4) is 0 Å². The third kappa shape index (κ3) is 2.61. The predicted molar refractivity (Wildman–Crippen MR) is 128 cm³/mol. The highest BCUT2D eigenvalue weighted by atomic mass is 79.9. The molecule has 0 aliphatic carbocycles. The smallest absolute Gasteiger partial charge is 0.276 e. The molecule has 0 N–H and O–H groups in total. The van der Waals surface area contributed by atoms with Crippen LogP contribution >= 0.6 is 15.9 Å². The number of nitrogens with zero attached hydrogens (tertiary/aromatic N) is 1. The molecule has 32 heavy (non-hydrogen) atoms. The zero-order chi connectivity index (χ0) is 22.0. The SMILES string of the molecule is C=C1OC2(CC1=O)C(=O)N(Cc1c3ccccc3cc3ccccc13)c1cc(Br)ccc12. The van der Waals surface area contributed by atoms with Gasteiger partial charge in [0, 0.05) is 10.0 Å². The molecule has 4 aromatic carbocycles. The maximum Gasteiger partial charge on any atom is 0.276 e. The van der Waals surface area contributed by atoms with Gasteiger partial charge in [0.1, 0.15) is 0 Å². The topological polar surface area (TPSA) is 46.6 Å². The summed E-state index contributed by atoms with van der Waals surface area (Å²) in [6, 6.07) is 24.3. The number of ketones is 1. The Morgan fingerprint density at radius 2 is 1.59 bits per heavy atom. The Hall–Kier alpha value is -3.44. The number of benzene rings is 4. The Morgan fingerprint density at radius 3 is 2.22 bits per heavy atom. The Kier molecular flexibility index (Phi) is 4.08. The average Bonchev–Trinajstić information content (AvgIpc) is 3.21. The van der Waals surface area contributed by atoms with E-state index in [4.69, 9.17) is 4.74 Å². The van der Waals surface area contributed by atoms with Gasteiger partial charge in [0.2, 0.25) is 11.4 Å². The van der Waals surface area contributed by atoms with Crippen molar-refractivity contribution in [2.45, 2.75) is 18.6 Å². The third-order valence-corrected chi connectivity index (χ3v) is 6.99. The van der Waals surface area contributed by atoms with E-state index in [0.717, 1.165) is 37.3 Å². The highest BCUT2D eigenvalue weighted by molar-refractivity contribution is 9.10. The van der Waals surface area contributed by atoms with Gasteiger partial charge in [-0.3, -0.25) is 9.59 Å². The van der Waals surface area contributed by atoms with Crippen molar-refractivity contribution in [3.8, 4) is 0 Å². The van der Waals surface area contributed by atoms with E-state index in [1.54, 1.807) is 4.90 Å². The van der Waals surface area contributed by atoms with Gasteiger partial charge in [0.15, 0.2) is 5.76 Å². The van der Waals surface area contributed by atoms with E-state index in [-0.39, 0.29) is 23.9 Å². The first kappa shape index (κ1) is 19.3. The molecule has 1 amide bonds. The molecule has 5 heteroatoms. The van der Waals surface area contributed by atoms with Gasteiger partial charge in [-0.2, -0.15) is 0 Å². The van der Waals surface area contributed by atoms with Crippen molar-refractivity contribution in [1.29, 1.82) is 0 Å². The number of allylic oxidation sites excluding steroid dienone is 1. The highest BCUT2D eigenvalue weighted by Gasteiger charge is 2.58. The van der Waals surface area contributed by atoms with Crippen LogP contribution in [0.5, 0.6) is 0 Å². The van der Waals surface area contributed by atoms with E-state index in [0.29, 0.717) is 12.1 Å². The minimum atomic E-state index is -1.33. The summed E-state index contributed by atoms with van der Waals surface area (Å²) >= 11 is 3.53. The van der Waals surface area contributed by atoms with Gasteiger partial charge in [-0.1, -0.05) is 77.1 Å². The van der Waals surface area contributed by atoms with Gasteiger partial charge >= 0.3 is 0 Å². The van der Waals surface area contributed by atoms with E-state index in [1.807, 2.05) is 42.5 Å². The molecule has 2 aliphatic rings. The molecule has 4 aromatic rings. The third-order valence-electron chi connectivity index (χ3n) is 6.49. The van der Waals surface area contributed by atoms with Crippen molar-refractivity contribution in [3.05, 3.63) is 101 Å². The lowest BCUT2D eigenvalue weighted by atomic mass is 9.92. The van der Waals surface area contributed by atoms with Crippen LogP contribution in [0.15, 0.2) is 89.6 Å². The molecule has 1 unspecified atom stereocenters. The first-order chi connectivity index (χ1) is 15.5. The number of halogens is 1. The number of fused-ring (bicyclic) bond motifs is 4. The number of anilines is 1. The lowest BCUT2D eigenvalue weighted by molar-refractivity contribution is -0.135. The molecule has 1 fully saturated rings. The second-order valence-corrected chi connectivity index (χ2v) is 9.22. The quantitative estimate of drug-likeness (QED) is 0.259. The fourth-order valence-corrected chi connectivity index (χ4v) is 5.35. The van der Waals surface area contributed by atoms with Crippen LogP contribution in [-0.2, 0) is 26.5 Å². The maximum atomic E-state index is 13.9. The first-order valence-corrected chi connectivity index (χ1v) is 11.2. The largest absolute Gasteiger partial charge is 0.469 e. The molecular weight excluding hydrogens is 466 g/mol. The first-order valence-electron chi connectivity index (χ1n) is 10.4. The summed E-state index contributed by atoms with van der Waals surface area (Å²) in [6.07, 6.45) is -0.0217. The number of carbonyl (C=O) groups is 2. The Labute approximate surface area is 193 Å².